The number of carbonyl (C=O) groups excluding carboxylic acids is 1. The molecule has 2 rings (SSSR count). The fraction of sp³-hybridized carbons (Fsp3) is 0.188. The first-order chi connectivity index (χ1) is 10.2. The molecule has 0 unspecified atom stereocenters. The van der Waals surface area contributed by atoms with Crippen LogP contribution < -0.4 is 15.8 Å². The van der Waals surface area contributed by atoms with Crippen molar-refractivity contribution >= 4 is 17.3 Å². The normalized spacial score (nSPS) is 10.1. The third kappa shape index (κ3) is 4.50. The zero-order valence-electron chi connectivity index (χ0n) is 11.8. The summed E-state index contributed by atoms with van der Waals surface area (Å²) in [6.45, 7) is 0.306. The minimum Gasteiger partial charge on any atom is -0.497 e. The highest BCUT2D eigenvalue weighted by molar-refractivity contribution is 5.94. The van der Waals surface area contributed by atoms with Crippen LogP contribution in [-0.2, 0) is 16.1 Å². The van der Waals surface area contributed by atoms with Crippen molar-refractivity contribution in [3.8, 4) is 5.75 Å². The number of amides is 1. The quantitative estimate of drug-likeness (QED) is 0.800. The smallest absolute Gasteiger partial charge is 0.250 e. The molecule has 0 radical (unpaired) electrons. The maximum absolute atomic E-state index is 11.8. The van der Waals surface area contributed by atoms with Gasteiger partial charge < -0.3 is 20.5 Å². The number of carbonyl (C=O) groups is 1. The molecular weight excluding hydrogens is 268 g/mol. The summed E-state index contributed by atoms with van der Waals surface area (Å²) in [7, 11) is 1.61. The topological polar surface area (TPSA) is 73.6 Å². The average Bonchev–Trinajstić information content (AvgIpc) is 2.50. The number of anilines is 2. The standard InChI is InChI=1S/C16H18N2O3/c1-20-13-6-4-5-12(9-13)10-21-11-16(19)18-15-8-3-2-7-14(15)17/h2-9H,10-11,17H2,1H3,(H,18,19). The number of methoxy groups -OCH3 is 1. The van der Waals surface area contributed by atoms with Crippen LogP contribution >= 0.6 is 0 Å². The number of para-hydroxylation sites is 2. The molecule has 0 aliphatic heterocycles. The second kappa shape index (κ2) is 7.31. The van der Waals surface area contributed by atoms with E-state index in [1.165, 1.54) is 0 Å². The number of hydrogen-bond donors (Lipinski definition) is 2. The van der Waals surface area contributed by atoms with Gasteiger partial charge >= 0.3 is 0 Å². The first-order valence-corrected chi connectivity index (χ1v) is 6.54. The van der Waals surface area contributed by atoms with Gasteiger partial charge in [-0.1, -0.05) is 24.3 Å². The van der Waals surface area contributed by atoms with Crippen molar-refractivity contribution in [3.63, 3.8) is 0 Å². The lowest BCUT2D eigenvalue weighted by atomic mass is 10.2. The van der Waals surface area contributed by atoms with E-state index in [4.69, 9.17) is 15.2 Å². The largest absolute Gasteiger partial charge is 0.497 e. The Morgan fingerprint density at radius 1 is 1.19 bits per heavy atom. The van der Waals surface area contributed by atoms with E-state index in [0.717, 1.165) is 11.3 Å². The second-order valence-corrected chi connectivity index (χ2v) is 4.48. The Kier molecular flexibility index (Phi) is 5.17. The predicted molar refractivity (Wildman–Crippen MR) is 82.1 cm³/mol. The summed E-state index contributed by atoms with van der Waals surface area (Å²) in [5.74, 6) is 0.522. The number of benzene rings is 2. The first-order valence-electron chi connectivity index (χ1n) is 6.54. The van der Waals surface area contributed by atoms with E-state index in [9.17, 15) is 4.79 Å². The highest BCUT2D eigenvalue weighted by atomic mass is 16.5. The van der Waals surface area contributed by atoms with Crippen LogP contribution in [0, 0.1) is 0 Å². The molecule has 5 nitrogen and oxygen atoms in total. The van der Waals surface area contributed by atoms with Crippen molar-refractivity contribution in [2.45, 2.75) is 6.61 Å². The van der Waals surface area contributed by atoms with Crippen molar-refractivity contribution < 1.29 is 14.3 Å². The monoisotopic (exact) mass is 286 g/mol. The molecule has 0 aliphatic rings. The second-order valence-electron chi connectivity index (χ2n) is 4.48. The van der Waals surface area contributed by atoms with E-state index < -0.39 is 0 Å². The molecule has 0 aliphatic carbocycles. The van der Waals surface area contributed by atoms with Crippen LogP contribution in [0.3, 0.4) is 0 Å². The van der Waals surface area contributed by atoms with Crippen LogP contribution in [0.1, 0.15) is 5.56 Å². The molecule has 5 heteroatoms. The zero-order valence-corrected chi connectivity index (χ0v) is 11.8. The van der Waals surface area contributed by atoms with Crippen molar-refractivity contribution in [1.29, 1.82) is 0 Å². The number of nitrogens with one attached hydrogen (secondary N) is 1. The number of ether oxygens (including phenoxy) is 2. The zero-order chi connectivity index (χ0) is 15.1. The van der Waals surface area contributed by atoms with Crippen molar-refractivity contribution in [2.75, 3.05) is 24.8 Å². The van der Waals surface area contributed by atoms with Crippen molar-refractivity contribution in [1.82, 2.24) is 0 Å². The summed E-state index contributed by atoms with van der Waals surface area (Å²) in [5, 5.41) is 2.71. The summed E-state index contributed by atoms with van der Waals surface area (Å²) in [6, 6.07) is 14.6. The SMILES string of the molecule is COc1cccc(COCC(=O)Nc2ccccc2N)c1. The molecule has 0 atom stereocenters. The Labute approximate surface area is 123 Å². The van der Waals surface area contributed by atoms with Crippen LogP contribution in [0.2, 0.25) is 0 Å². The van der Waals surface area contributed by atoms with Gasteiger partial charge in [-0.05, 0) is 29.8 Å². The lowest BCUT2D eigenvalue weighted by Gasteiger charge is -2.09. The van der Waals surface area contributed by atoms with Crippen LogP contribution in [0.15, 0.2) is 48.5 Å². The van der Waals surface area contributed by atoms with E-state index >= 15 is 0 Å². The molecule has 0 fully saturated rings. The summed E-state index contributed by atoms with van der Waals surface area (Å²) < 4.78 is 10.5. The minimum atomic E-state index is -0.240. The van der Waals surface area contributed by atoms with Crippen molar-refractivity contribution in [3.05, 3.63) is 54.1 Å². The predicted octanol–water partition coefficient (Wildman–Crippen LogP) is 2.43. The Bertz CT molecular complexity index is 614. The lowest BCUT2D eigenvalue weighted by Crippen LogP contribution is -2.18. The average molecular weight is 286 g/mol. The van der Waals surface area contributed by atoms with E-state index in [-0.39, 0.29) is 12.5 Å². The number of nitrogen functional groups attached to an aromatic ring is 1. The van der Waals surface area contributed by atoms with E-state index in [1.54, 1.807) is 19.2 Å². The Hall–Kier alpha value is -2.53. The van der Waals surface area contributed by atoms with Gasteiger partial charge in [-0.3, -0.25) is 4.79 Å². The summed E-state index contributed by atoms with van der Waals surface area (Å²) in [6.07, 6.45) is 0. The molecule has 0 saturated carbocycles. The lowest BCUT2D eigenvalue weighted by molar-refractivity contribution is -0.121. The van der Waals surface area contributed by atoms with Gasteiger partial charge in [0.1, 0.15) is 12.4 Å². The molecule has 0 saturated heterocycles. The van der Waals surface area contributed by atoms with E-state index in [2.05, 4.69) is 5.32 Å². The van der Waals surface area contributed by atoms with Gasteiger partial charge in [0.25, 0.3) is 0 Å². The van der Waals surface area contributed by atoms with Gasteiger partial charge in [-0.25, -0.2) is 0 Å². The third-order valence-electron chi connectivity index (χ3n) is 2.87. The number of rotatable bonds is 6. The number of hydrogen-bond acceptors (Lipinski definition) is 4. The molecule has 21 heavy (non-hydrogen) atoms. The molecule has 110 valence electrons. The maximum Gasteiger partial charge on any atom is 0.250 e. The van der Waals surface area contributed by atoms with Gasteiger partial charge in [0.05, 0.1) is 25.1 Å². The summed E-state index contributed by atoms with van der Waals surface area (Å²) in [4.78, 5) is 11.8. The van der Waals surface area contributed by atoms with Gasteiger partial charge in [0.2, 0.25) is 5.91 Å². The van der Waals surface area contributed by atoms with Crippen LogP contribution in [0.5, 0.6) is 5.75 Å². The first kappa shape index (κ1) is 14.9. The maximum atomic E-state index is 11.8. The molecule has 1 amide bonds. The van der Waals surface area contributed by atoms with Gasteiger partial charge in [0.15, 0.2) is 0 Å². The third-order valence-corrected chi connectivity index (χ3v) is 2.87. The Balaban J connectivity index is 1.80. The fourth-order valence-corrected chi connectivity index (χ4v) is 1.82. The minimum absolute atomic E-state index is 0.0362. The summed E-state index contributed by atoms with van der Waals surface area (Å²) in [5.41, 5.74) is 7.81. The molecular formula is C16H18N2O3. The van der Waals surface area contributed by atoms with Gasteiger partial charge in [0, 0.05) is 0 Å². The molecule has 3 N–H and O–H groups in total. The molecule has 2 aromatic carbocycles. The molecule has 0 heterocycles. The van der Waals surface area contributed by atoms with E-state index in [1.807, 2.05) is 36.4 Å². The molecule has 0 bridgehead atoms. The van der Waals surface area contributed by atoms with Crippen molar-refractivity contribution in [2.24, 2.45) is 0 Å². The molecule has 0 aromatic heterocycles. The molecule has 2 aromatic rings. The Morgan fingerprint density at radius 3 is 2.76 bits per heavy atom. The number of nitrogens with two attached hydrogens (primary N) is 1. The van der Waals surface area contributed by atoms with Gasteiger partial charge in [-0.15, -0.1) is 0 Å². The van der Waals surface area contributed by atoms with Crippen LogP contribution in [0.25, 0.3) is 0 Å². The van der Waals surface area contributed by atoms with E-state index in [0.29, 0.717) is 18.0 Å². The summed E-state index contributed by atoms with van der Waals surface area (Å²) >= 11 is 0. The molecule has 0 spiro atoms. The highest BCUT2D eigenvalue weighted by Gasteiger charge is 2.05. The van der Waals surface area contributed by atoms with Crippen LogP contribution in [0.4, 0.5) is 11.4 Å². The van der Waals surface area contributed by atoms with Crippen LogP contribution in [-0.4, -0.2) is 19.6 Å². The highest BCUT2D eigenvalue weighted by Crippen LogP contribution is 2.16. The Morgan fingerprint density at radius 2 is 2.00 bits per heavy atom. The van der Waals surface area contributed by atoms with Gasteiger partial charge in [-0.2, -0.15) is 0 Å². The fourth-order valence-electron chi connectivity index (χ4n) is 1.82.